The molecule has 1 N–H and O–H groups in total. The van der Waals surface area contributed by atoms with Crippen molar-refractivity contribution >= 4 is 15.8 Å². The SMILES string of the molecule is O=S(=O)(c1ccc(NCCOc2ccc(F)cc2F)nc1)N1CCCCC1. The molecule has 1 saturated heterocycles. The molecule has 27 heavy (non-hydrogen) atoms. The molecular formula is C18H21F2N3O3S. The van der Waals surface area contributed by atoms with E-state index in [4.69, 9.17) is 4.74 Å². The zero-order chi connectivity index (χ0) is 19.3. The first-order chi connectivity index (χ1) is 13.0. The highest BCUT2D eigenvalue weighted by Gasteiger charge is 2.26. The van der Waals surface area contributed by atoms with Gasteiger partial charge in [-0.05, 0) is 37.1 Å². The van der Waals surface area contributed by atoms with Crippen molar-refractivity contribution in [1.82, 2.24) is 9.29 Å². The van der Waals surface area contributed by atoms with E-state index >= 15 is 0 Å². The predicted octanol–water partition coefficient (Wildman–Crippen LogP) is 3.03. The van der Waals surface area contributed by atoms with Crippen molar-refractivity contribution in [2.75, 3.05) is 31.6 Å². The lowest BCUT2D eigenvalue weighted by atomic mass is 10.2. The standard InChI is InChI=1S/C18H21F2N3O3S/c19-14-4-6-17(16(20)12-14)26-11-8-21-18-7-5-15(13-22-18)27(24,25)23-9-2-1-3-10-23/h4-7,12-13H,1-3,8-11H2,(H,21,22). The van der Waals surface area contributed by atoms with E-state index in [1.54, 1.807) is 6.07 Å². The van der Waals surface area contributed by atoms with Crippen LogP contribution in [-0.2, 0) is 10.0 Å². The van der Waals surface area contributed by atoms with Crippen LogP contribution in [0.3, 0.4) is 0 Å². The fourth-order valence-electron chi connectivity index (χ4n) is 2.82. The Morgan fingerprint density at radius 1 is 1.11 bits per heavy atom. The molecule has 9 heteroatoms. The van der Waals surface area contributed by atoms with Crippen molar-refractivity contribution in [2.24, 2.45) is 0 Å². The first kappa shape index (κ1) is 19.5. The second-order valence-corrected chi connectivity index (χ2v) is 8.13. The molecule has 1 aromatic heterocycles. The molecule has 0 unspecified atom stereocenters. The summed E-state index contributed by atoms with van der Waals surface area (Å²) in [7, 11) is -3.50. The van der Waals surface area contributed by atoms with E-state index in [-0.39, 0.29) is 17.3 Å². The van der Waals surface area contributed by atoms with Gasteiger partial charge in [0, 0.05) is 25.4 Å². The van der Waals surface area contributed by atoms with Crippen molar-refractivity contribution in [2.45, 2.75) is 24.2 Å². The van der Waals surface area contributed by atoms with Crippen LogP contribution < -0.4 is 10.1 Å². The van der Waals surface area contributed by atoms with Gasteiger partial charge in [-0.3, -0.25) is 0 Å². The lowest BCUT2D eigenvalue weighted by Gasteiger charge is -2.25. The van der Waals surface area contributed by atoms with E-state index in [1.165, 1.54) is 22.6 Å². The van der Waals surface area contributed by atoms with Crippen LogP contribution in [0.1, 0.15) is 19.3 Å². The van der Waals surface area contributed by atoms with Crippen molar-refractivity contribution in [1.29, 1.82) is 0 Å². The first-order valence-electron chi connectivity index (χ1n) is 8.75. The number of pyridine rings is 1. The summed E-state index contributed by atoms with van der Waals surface area (Å²) < 4.78 is 58.1. The second kappa shape index (κ2) is 8.62. The minimum absolute atomic E-state index is 0.0332. The van der Waals surface area contributed by atoms with Crippen LogP contribution in [0.15, 0.2) is 41.4 Å². The summed E-state index contributed by atoms with van der Waals surface area (Å²) >= 11 is 0. The Morgan fingerprint density at radius 2 is 1.89 bits per heavy atom. The molecule has 1 aliphatic rings. The molecule has 146 valence electrons. The van der Waals surface area contributed by atoms with Gasteiger partial charge in [-0.15, -0.1) is 0 Å². The first-order valence-corrected chi connectivity index (χ1v) is 10.2. The van der Waals surface area contributed by atoms with E-state index in [1.807, 2.05) is 0 Å². The summed E-state index contributed by atoms with van der Waals surface area (Å²) in [6, 6.07) is 6.19. The number of halogens is 2. The van der Waals surface area contributed by atoms with Gasteiger partial charge in [0.2, 0.25) is 10.0 Å². The van der Waals surface area contributed by atoms with E-state index in [2.05, 4.69) is 10.3 Å². The normalized spacial score (nSPS) is 15.5. The monoisotopic (exact) mass is 397 g/mol. The number of nitrogens with one attached hydrogen (secondary N) is 1. The van der Waals surface area contributed by atoms with Gasteiger partial charge in [-0.2, -0.15) is 4.31 Å². The van der Waals surface area contributed by atoms with E-state index in [0.29, 0.717) is 25.5 Å². The number of benzene rings is 1. The number of anilines is 1. The van der Waals surface area contributed by atoms with Crippen LogP contribution >= 0.6 is 0 Å². The minimum Gasteiger partial charge on any atom is -0.489 e. The maximum Gasteiger partial charge on any atom is 0.244 e. The van der Waals surface area contributed by atoms with Crippen molar-refractivity contribution in [3.63, 3.8) is 0 Å². The van der Waals surface area contributed by atoms with Gasteiger partial charge in [0.25, 0.3) is 0 Å². The predicted molar refractivity (Wildman–Crippen MR) is 97.2 cm³/mol. The molecule has 0 spiro atoms. The largest absolute Gasteiger partial charge is 0.489 e. The number of aromatic nitrogens is 1. The smallest absolute Gasteiger partial charge is 0.244 e. The minimum atomic E-state index is -3.50. The molecular weight excluding hydrogens is 376 g/mol. The number of sulfonamides is 1. The topological polar surface area (TPSA) is 71.5 Å². The number of ether oxygens (including phenoxy) is 1. The summed E-state index contributed by atoms with van der Waals surface area (Å²) in [5, 5.41) is 2.96. The van der Waals surface area contributed by atoms with Gasteiger partial charge in [0.15, 0.2) is 11.6 Å². The number of hydrogen-bond acceptors (Lipinski definition) is 5. The summed E-state index contributed by atoms with van der Waals surface area (Å²) in [4.78, 5) is 4.28. The zero-order valence-electron chi connectivity index (χ0n) is 14.7. The molecule has 0 aliphatic carbocycles. The Morgan fingerprint density at radius 3 is 2.56 bits per heavy atom. The molecule has 0 radical (unpaired) electrons. The maximum atomic E-state index is 13.5. The third kappa shape index (κ3) is 4.92. The van der Waals surface area contributed by atoms with Crippen LogP contribution in [0.25, 0.3) is 0 Å². The lowest BCUT2D eigenvalue weighted by Crippen LogP contribution is -2.35. The Bertz CT molecular complexity index is 870. The van der Waals surface area contributed by atoms with E-state index < -0.39 is 21.7 Å². The highest BCUT2D eigenvalue weighted by molar-refractivity contribution is 7.89. The van der Waals surface area contributed by atoms with Crippen LogP contribution in [0.2, 0.25) is 0 Å². The van der Waals surface area contributed by atoms with Gasteiger partial charge in [0.05, 0.1) is 6.54 Å². The van der Waals surface area contributed by atoms with Crippen molar-refractivity contribution in [3.05, 3.63) is 48.2 Å². The van der Waals surface area contributed by atoms with Gasteiger partial charge >= 0.3 is 0 Å². The molecule has 0 atom stereocenters. The zero-order valence-corrected chi connectivity index (χ0v) is 15.5. The number of piperidine rings is 1. The summed E-state index contributed by atoms with van der Waals surface area (Å²) in [6.07, 6.45) is 4.13. The fourth-order valence-corrected chi connectivity index (χ4v) is 4.29. The molecule has 1 fully saturated rings. The van der Waals surface area contributed by atoms with Gasteiger partial charge < -0.3 is 10.1 Å². The van der Waals surface area contributed by atoms with Crippen LogP contribution in [0.4, 0.5) is 14.6 Å². The fraction of sp³-hybridized carbons (Fsp3) is 0.389. The Kier molecular flexibility index (Phi) is 6.22. The van der Waals surface area contributed by atoms with Gasteiger partial charge in [-0.1, -0.05) is 6.42 Å². The molecule has 6 nitrogen and oxygen atoms in total. The Balaban J connectivity index is 1.51. The highest BCUT2D eigenvalue weighted by Crippen LogP contribution is 2.21. The average molecular weight is 397 g/mol. The Hall–Kier alpha value is -2.26. The van der Waals surface area contributed by atoms with E-state index in [9.17, 15) is 17.2 Å². The molecule has 0 saturated carbocycles. The Labute approximate surface area is 157 Å². The molecule has 0 bridgehead atoms. The molecule has 2 heterocycles. The third-order valence-corrected chi connectivity index (χ3v) is 6.13. The second-order valence-electron chi connectivity index (χ2n) is 6.19. The van der Waals surface area contributed by atoms with Gasteiger partial charge in [-0.25, -0.2) is 22.2 Å². The molecule has 0 amide bonds. The van der Waals surface area contributed by atoms with Crippen LogP contribution in [-0.4, -0.2) is 43.9 Å². The molecule has 2 aromatic rings. The van der Waals surface area contributed by atoms with Gasteiger partial charge in [0.1, 0.15) is 23.1 Å². The van der Waals surface area contributed by atoms with Crippen molar-refractivity contribution in [3.8, 4) is 5.75 Å². The maximum absolute atomic E-state index is 13.5. The third-order valence-electron chi connectivity index (χ3n) is 4.25. The quantitative estimate of drug-likeness (QED) is 0.727. The van der Waals surface area contributed by atoms with Crippen LogP contribution in [0, 0.1) is 11.6 Å². The molecule has 1 aliphatic heterocycles. The van der Waals surface area contributed by atoms with Crippen LogP contribution in [0.5, 0.6) is 5.75 Å². The summed E-state index contributed by atoms with van der Waals surface area (Å²) in [5.41, 5.74) is 0. The average Bonchev–Trinajstić information content (AvgIpc) is 2.68. The molecule has 3 rings (SSSR count). The van der Waals surface area contributed by atoms with E-state index in [0.717, 1.165) is 31.4 Å². The highest BCUT2D eigenvalue weighted by atomic mass is 32.2. The summed E-state index contributed by atoms with van der Waals surface area (Å²) in [6.45, 7) is 1.54. The summed E-state index contributed by atoms with van der Waals surface area (Å²) in [5.74, 6) is -0.980. The number of nitrogens with zero attached hydrogens (tertiary/aromatic N) is 2. The number of rotatable bonds is 7. The molecule has 1 aromatic carbocycles. The van der Waals surface area contributed by atoms with Crippen molar-refractivity contribution < 1.29 is 21.9 Å². The number of hydrogen-bond donors (Lipinski definition) is 1. The lowest BCUT2D eigenvalue weighted by molar-refractivity contribution is 0.314.